The fourth-order valence-corrected chi connectivity index (χ4v) is 2.33. The van der Waals surface area contributed by atoms with Crippen LogP contribution in [0.15, 0.2) is 29.2 Å². The van der Waals surface area contributed by atoms with Gasteiger partial charge < -0.3 is 19.2 Å². The van der Waals surface area contributed by atoms with Gasteiger partial charge in [0.2, 0.25) is 5.91 Å². The van der Waals surface area contributed by atoms with E-state index in [1.165, 1.54) is 6.33 Å². The number of amides is 1. The van der Waals surface area contributed by atoms with E-state index in [4.69, 9.17) is 4.42 Å². The maximum atomic E-state index is 12.4. The van der Waals surface area contributed by atoms with Crippen molar-refractivity contribution < 1.29 is 9.21 Å². The summed E-state index contributed by atoms with van der Waals surface area (Å²) in [6.45, 7) is 2.51. The molecule has 0 atom stereocenters. The third-order valence-electron chi connectivity index (χ3n) is 3.55. The molecular formula is C15H18N6O2. The summed E-state index contributed by atoms with van der Waals surface area (Å²) in [7, 11) is 3.56. The first-order valence-corrected chi connectivity index (χ1v) is 7.19. The standard InChI is InChI=1S/C15H18N6O2/c1-10-4-5-11(23-10)6-20(2)12(22)7-21(3)15-13-14(17-8-16-13)18-9-19-15/h4-5,8-9H,6-7H2,1-3H3,(H,16,17,18,19). The van der Waals surface area contributed by atoms with Gasteiger partial charge in [-0.25, -0.2) is 15.0 Å². The number of carbonyl (C=O) groups is 1. The molecule has 1 N–H and O–H groups in total. The van der Waals surface area contributed by atoms with Gasteiger partial charge >= 0.3 is 0 Å². The second-order valence-electron chi connectivity index (χ2n) is 5.42. The molecule has 3 rings (SSSR count). The minimum absolute atomic E-state index is 0.0344. The number of furan rings is 1. The van der Waals surface area contributed by atoms with Crippen LogP contribution in [0.2, 0.25) is 0 Å². The molecule has 0 fully saturated rings. The Kier molecular flexibility index (Phi) is 3.96. The van der Waals surface area contributed by atoms with Crippen LogP contribution in [0.4, 0.5) is 5.82 Å². The Labute approximate surface area is 133 Å². The molecule has 0 spiro atoms. The molecule has 3 aromatic rings. The van der Waals surface area contributed by atoms with Crippen molar-refractivity contribution in [3.05, 3.63) is 36.3 Å². The third-order valence-corrected chi connectivity index (χ3v) is 3.55. The van der Waals surface area contributed by atoms with Crippen molar-refractivity contribution in [3.63, 3.8) is 0 Å². The zero-order valence-electron chi connectivity index (χ0n) is 13.3. The normalized spacial score (nSPS) is 10.9. The number of aromatic amines is 1. The summed E-state index contributed by atoms with van der Waals surface area (Å²) in [6, 6.07) is 3.76. The largest absolute Gasteiger partial charge is 0.464 e. The van der Waals surface area contributed by atoms with E-state index in [2.05, 4.69) is 19.9 Å². The van der Waals surface area contributed by atoms with Crippen LogP contribution in [0.1, 0.15) is 11.5 Å². The molecule has 0 aliphatic rings. The second-order valence-corrected chi connectivity index (χ2v) is 5.42. The highest BCUT2D eigenvalue weighted by Gasteiger charge is 2.17. The van der Waals surface area contributed by atoms with E-state index in [-0.39, 0.29) is 12.5 Å². The number of hydrogen-bond acceptors (Lipinski definition) is 6. The number of nitrogens with zero attached hydrogens (tertiary/aromatic N) is 5. The maximum absolute atomic E-state index is 12.4. The molecule has 0 saturated heterocycles. The number of aryl methyl sites for hydroxylation is 1. The predicted molar refractivity (Wildman–Crippen MR) is 84.9 cm³/mol. The van der Waals surface area contributed by atoms with Gasteiger partial charge in [0, 0.05) is 14.1 Å². The molecule has 3 heterocycles. The minimum Gasteiger partial charge on any atom is -0.464 e. The molecule has 0 bridgehead atoms. The van der Waals surface area contributed by atoms with E-state index in [0.29, 0.717) is 23.5 Å². The molecule has 0 aliphatic carbocycles. The van der Waals surface area contributed by atoms with Crippen LogP contribution >= 0.6 is 0 Å². The molecule has 0 saturated carbocycles. The number of hydrogen-bond donors (Lipinski definition) is 1. The monoisotopic (exact) mass is 314 g/mol. The Morgan fingerprint density at radius 2 is 2.09 bits per heavy atom. The van der Waals surface area contributed by atoms with Crippen LogP contribution in [-0.2, 0) is 11.3 Å². The van der Waals surface area contributed by atoms with E-state index >= 15 is 0 Å². The Morgan fingerprint density at radius 3 is 2.83 bits per heavy atom. The molecule has 0 unspecified atom stereocenters. The molecule has 1 amide bonds. The summed E-state index contributed by atoms with van der Waals surface area (Å²) in [5, 5.41) is 0. The molecule has 0 radical (unpaired) electrons. The molecule has 0 aliphatic heterocycles. The molecule has 8 heteroatoms. The average Bonchev–Trinajstić information content (AvgIpc) is 3.15. The Hall–Kier alpha value is -2.90. The van der Waals surface area contributed by atoms with Crippen molar-refractivity contribution in [1.82, 2.24) is 24.8 Å². The number of rotatable bonds is 5. The van der Waals surface area contributed by atoms with Crippen molar-refractivity contribution in [1.29, 1.82) is 0 Å². The zero-order valence-corrected chi connectivity index (χ0v) is 13.3. The quantitative estimate of drug-likeness (QED) is 0.764. The maximum Gasteiger partial charge on any atom is 0.242 e. The molecule has 8 nitrogen and oxygen atoms in total. The van der Waals surface area contributed by atoms with Gasteiger partial charge in [-0.2, -0.15) is 0 Å². The first kappa shape index (κ1) is 15.0. The van der Waals surface area contributed by atoms with Gasteiger partial charge in [0.05, 0.1) is 19.4 Å². The van der Waals surface area contributed by atoms with E-state index in [9.17, 15) is 4.79 Å². The number of imidazole rings is 1. The van der Waals surface area contributed by atoms with Crippen LogP contribution in [0, 0.1) is 6.92 Å². The van der Waals surface area contributed by atoms with Crippen molar-refractivity contribution in [3.8, 4) is 0 Å². The van der Waals surface area contributed by atoms with Gasteiger partial charge in [-0.3, -0.25) is 4.79 Å². The molecule has 0 aromatic carbocycles. The van der Waals surface area contributed by atoms with Crippen LogP contribution in [0.5, 0.6) is 0 Å². The molecule has 23 heavy (non-hydrogen) atoms. The van der Waals surface area contributed by atoms with Gasteiger partial charge in [0.15, 0.2) is 11.5 Å². The number of likely N-dealkylation sites (N-methyl/N-ethyl adjacent to an activating group) is 2. The summed E-state index contributed by atoms with van der Waals surface area (Å²) in [5.41, 5.74) is 1.29. The van der Waals surface area contributed by atoms with Crippen LogP contribution in [0.3, 0.4) is 0 Å². The SMILES string of the molecule is Cc1ccc(CN(C)C(=O)CN(C)c2ncnc3nc[nH]c23)o1. The topological polar surface area (TPSA) is 91.2 Å². The fraction of sp³-hybridized carbons (Fsp3) is 0.333. The molecule has 3 aromatic heterocycles. The zero-order chi connectivity index (χ0) is 16.4. The predicted octanol–water partition coefficient (Wildman–Crippen LogP) is 1.35. The minimum atomic E-state index is -0.0344. The van der Waals surface area contributed by atoms with Gasteiger partial charge in [0.1, 0.15) is 23.4 Å². The highest BCUT2D eigenvalue weighted by Crippen LogP contribution is 2.18. The second kappa shape index (κ2) is 6.07. The Bertz CT molecular complexity index is 824. The number of aromatic nitrogens is 4. The molecule has 120 valence electrons. The lowest BCUT2D eigenvalue weighted by atomic mass is 10.3. The number of carbonyl (C=O) groups excluding carboxylic acids is 1. The summed E-state index contributed by atoms with van der Waals surface area (Å²) in [5.74, 6) is 2.20. The number of anilines is 1. The lowest BCUT2D eigenvalue weighted by Gasteiger charge is -2.22. The fourth-order valence-electron chi connectivity index (χ4n) is 2.33. The van der Waals surface area contributed by atoms with E-state index in [1.54, 1.807) is 23.2 Å². The van der Waals surface area contributed by atoms with E-state index in [1.807, 2.05) is 26.1 Å². The van der Waals surface area contributed by atoms with Crippen LogP contribution in [-0.4, -0.2) is 51.4 Å². The van der Waals surface area contributed by atoms with Crippen LogP contribution in [0.25, 0.3) is 11.2 Å². The third kappa shape index (κ3) is 3.15. The first-order valence-electron chi connectivity index (χ1n) is 7.19. The number of nitrogens with one attached hydrogen (secondary N) is 1. The smallest absolute Gasteiger partial charge is 0.242 e. The summed E-state index contributed by atoms with van der Waals surface area (Å²) < 4.78 is 5.50. The van der Waals surface area contributed by atoms with E-state index < -0.39 is 0 Å². The average molecular weight is 314 g/mol. The van der Waals surface area contributed by atoms with Gasteiger partial charge in [0.25, 0.3) is 0 Å². The van der Waals surface area contributed by atoms with Crippen molar-refractivity contribution in [2.24, 2.45) is 0 Å². The number of H-pyrrole nitrogens is 1. The van der Waals surface area contributed by atoms with Gasteiger partial charge in [-0.1, -0.05) is 0 Å². The lowest BCUT2D eigenvalue weighted by molar-refractivity contribution is -0.129. The summed E-state index contributed by atoms with van der Waals surface area (Å²) in [6.07, 6.45) is 3.00. The highest BCUT2D eigenvalue weighted by atomic mass is 16.3. The van der Waals surface area contributed by atoms with E-state index in [0.717, 1.165) is 11.5 Å². The Balaban J connectivity index is 1.68. The summed E-state index contributed by atoms with van der Waals surface area (Å²) >= 11 is 0. The lowest BCUT2D eigenvalue weighted by Crippen LogP contribution is -2.36. The van der Waals surface area contributed by atoms with Crippen LogP contribution < -0.4 is 4.90 Å². The Morgan fingerprint density at radius 1 is 1.26 bits per heavy atom. The van der Waals surface area contributed by atoms with Gasteiger partial charge in [-0.15, -0.1) is 0 Å². The van der Waals surface area contributed by atoms with Crippen molar-refractivity contribution >= 4 is 22.9 Å². The molecular weight excluding hydrogens is 296 g/mol. The van der Waals surface area contributed by atoms with Gasteiger partial charge in [-0.05, 0) is 19.1 Å². The highest BCUT2D eigenvalue weighted by molar-refractivity contribution is 5.86. The number of fused-ring (bicyclic) bond motifs is 1. The first-order chi connectivity index (χ1) is 11.0. The van der Waals surface area contributed by atoms with Crippen molar-refractivity contribution in [2.75, 3.05) is 25.5 Å². The summed E-state index contributed by atoms with van der Waals surface area (Å²) in [4.78, 5) is 31.2. The van der Waals surface area contributed by atoms with Crippen molar-refractivity contribution in [2.45, 2.75) is 13.5 Å².